The van der Waals surface area contributed by atoms with Gasteiger partial charge in [0.05, 0.1) is 17.7 Å². The number of nitrogens with zero attached hydrogens (tertiary/aromatic N) is 2. The Bertz CT molecular complexity index is 956. The number of rotatable bonds is 8. The Morgan fingerprint density at radius 2 is 1.93 bits per heavy atom. The van der Waals surface area contributed by atoms with E-state index in [-0.39, 0.29) is 24.5 Å². The average molecular weight is 401 g/mol. The van der Waals surface area contributed by atoms with Crippen LogP contribution in [-0.4, -0.2) is 35.4 Å². The first-order valence-electron chi connectivity index (χ1n) is 8.90. The maximum Gasteiger partial charge on any atom is 0.315 e. The van der Waals surface area contributed by atoms with E-state index in [9.17, 15) is 20.0 Å². The number of hydrazone groups is 1. The lowest BCUT2D eigenvalue weighted by molar-refractivity contribution is -0.386. The second-order valence-electron chi connectivity index (χ2n) is 6.31. The summed E-state index contributed by atoms with van der Waals surface area (Å²) in [6, 6.07) is 6.41. The number of aryl methyl sites for hydroxylation is 2. The standard InChI is InChI=1S/C20H23N3O6/c1-5-28-17-9-15(8-16(19(17)25)23(26)27)10-21-22-18(24)11-29-20-13(3)7-6-12(2)14(20)4/h6-10,25H,5,11H2,1-4H3,(H,22,24). The van der Waals surface area contributed by atoms with Gasteiger partial charge < -0.3 is 14.6 Å². The molecule has 1 amide bonds. The number of phenols is 1. The zero-order valence-corrected chi connectivity index (χ0v) is 16.7. The number of ether oxygens (including phenoxy) is 2. The summed E-state index contributed by atoms with van der Waals surface area (Å²) in [7, 11) is 0. The largest absolute Gasteiger partial charge is 0.500 e. The highest BCUT2D eigenvalue weighted by molar-refractivity contribution is 5.85. The number of nitrogens with one attached hydrogen (secondary N) is 1. The average Bonchev–Trinajstić information content (AvgIpc) is 2.67. The lowest BCUT2D eigenvalue weighted by Gasteiger charge is -2.13. The summed E-state index contributed by atoms with van der Waals surface area (Å²) in [6.07, 6.45) is 1.22. The summed E-state index contributed by atoms with van der Waals surface area (Å²) >= 11 is 0. The normalized spacial score (nSPS) is 10.8. The number of benzene rings is 2. The van der Waals surface area contributed by atoms with Crippen LogP contribution in [0.3, 0.4) is 0 Å². The third-order valence-electron chi connectivity index (χ3n) is 4.20. The summed E-state index contributed by atoms with van der Waals surface area (Å²) in [4.78, 5) is 22.3. The molecule has 9 heteroatoms. The highest BCUT2D eigenvalue weighted by atomic mass is 16.6. The van der Waals surface area contributed by atoms with Crippen LogP contribution < -0.4 is 14.9 Å². The molecule has 0 aliphatic heterocycles. The van der Waals surface area contributed by atoms with E-state index in [2.05, 4.69) is 10.5 Å². The fourth-order valence-electron chi connectivity index (χ4n) is 2.59. The summed E-state index contributed by atoms with van der Waals surface area (Å²) in [6.45, 7) is 7.44. The molecule has 0 saturated heterocycles. The molecule has 0 heterocycles. The fourth-order valence-corrected chi connectivity index (χ4v) is 2.59. The van der Waals surface area contributed by atoms with Gasteiger partial charge in [-0.25, -0.2) is 5.43 Å². The predicted molar refractivity (Wildman–Crippen MR) is 108 cm³/mol. The molecule has 0 spiro atoms. The van der Waals surface area contributed by atoms with Crippen molar-refractivity contribution in [3.05, 3.63) is 56.6 Å². The van der Waals surface area contributed by atoms with Crippen LogP contribution in [0.25, 0.3) is 0 Å². The summed E-state index contributed by atoms with van der Waals surface area (Å²) in [5.41, 5.74) is 5.01. The van der Waals surface area contributed by atoms with Crippen LogP contribution in [0, 0.1) is 30.9 Å². The van der Waals surface area contributed by atoms with Crippen LogP contribution in [0.4, 0.5) is 5.69 Å². The molecule has 154 valence electrons. The van der Waals surface area contributed by atoms with Crippen molar-refractivity contribution >= 4 is 17.8 Å². The van der Waals surface area contributed by atoms with Crippen molar-refractivity contribution in [1.29, 1.82) is 0 Å². The third-order valence-corrected chi connectivity index (χ3v) is 4.20. The highest BCUT2D eigenvalue weighted by Gasteiger charge is 2.19. The quantitative estimate of drug-likeness (QED) is 0.398. The number of phenolic OH excluding ortho intramolecular Hbond substituents is 1. The van der Waals surface area contributed by atoms with Gasteiger partial charge in [-0.3, -0.25) is 14.9 Å². The molecule has 0 atom stereocenters. The first-order chi connectivity index (χ1) is 13.7. The number of nitro groups is 1. The zero-order chi connectivity index (χ0) is 21.6. The number of carbonyl (C=O) groups is 1. The number of aromatic hydroxyl groups is 1. The van der Waals surface area contributed by atoms with Crippen LogP contribution in [0.5, 0.6) is 17.2 Å². The van der Waals surface area contributed by atoms with Crippen molar-refractivity contribution in [2.45, 2.75) is 27.7 Å². The molecular weight excluding hydrogens is 378 g/mol. The van der Waals surface area contributed by atoms with Gasteiger partial charge in [-0.05, 0) is 50.5 Å². The highest BCUT2D eigenvalue weighted by Crippen LogP contribution is 2.36. The van der Waals surface area contributed by atoms with Gasteiger partial charge in [0, 0.05) is 11.6 Å². The van der Waals surface area contributed by atoms with Gasteiger partial charge in [0.2, 0.25) is 5.75 Å². The molecule has 29 heavy (non-hydrogen) atoms. The molecule has 2 aromatic carbocycles. The number of hydrogen-bond donors (Lipinski definition) is 2. The minimum atomic E-state index is -0.728. The van der Waals surface area contributed by atoms with Crippen molar-refractivity contribution in [1.82, 2.24) is 5.43 Å². The Kier molecular flexibility index (Phi) is 7.13. The van der Waals surface area contributed by atoms with Crippen molar-refractivity contribution in [3.8, 4) is 17.2 Å². The van der Waals surface area contributed by atoms with E-state index in [1.165, 1.54) is 12.3 Å². The molecule has 2 rings (SSSR count). The maximum absolute atomic E-state index is 12.0. The summed E-state index contributed by atoms with van der Waals surface area (Å²) in [5.74, 6) is -0.432. The minimum absolute atomic E-state index is 0.0387. The molecule has 0 aliphatic carbocycles. The lowest BCUT2D eigenvalue weighted by atomic mass is 10.1. The van der Waals surface area contributed by atoms with E-state index in [0.29, 0.717) is 5.75 Å². The monoisotopic (exact) mass is 401 g/mol. The van der Waals surface area contributed by atoms with Gasteiger partial charge in [0.15, 0.2) is 12.4 Å². The zero-order valence-electron chi connectivity index (χ0n) is 16.7. The smallest absolute Gasteiger partial charge is 0.315 e. The molecule has 0 saturated carbocycles. The van der Waals surface area contributed by atoms with Crippen LogP contribution in [-0.2, 0) is 4.79 Å². The Hall–Kier alpha value is -3.62. The molecule has 2 aromatic rings. The van der Waals surface area contributed by atoms with Crippen LogP contribution in [0.2, 0.25) is 0 Å². The van der Waals surface area contributed by atoms with Crippen LogP contribution in [0.15, 0.2) is 29.4 Å². The second kappa shape index (κ2) is 9.54. The Morgan fingerprint density at radius 3 is 2.59 bits per heavy atom. The molecule has 0 aliphatic rings. The molecule has 0 unspecified atom stereocenters. The lowest BCUT2D eigenvalue weighted by Crippen LogP contribution is -2.25. The van der Waals surface area contributed by atoms with Gasteiger partial charge in [-0.1, -0.05) is 12.1 Å². The van der Waals surface area contributed by atoms with E-state index < -0.39 is 22.3 Å². The molecule has 2 N–H and O–H groups in total. The Morgan fingerprint density at radius 1 is 1.24 bits per heavy atom. The van der Waals surface area contributed by atoms with Gasteiger partial charge >= 0.3 is 5.69 Å². The molecule has 9 nitrogen and oxygen atoms in total. The number of hydrogen-bond acceptors (Lipinski definition) is 7. The van der Waals surface area contributed by atoms with Gasteiger partial charge in [0.1, 0.15) is 5.75 Å². The summed E-state index contributed by atoms with van der Waals surface area (Å²) in [5, 5.41) is 24.7. The van der Waals surface area contributed by atoms with Crippen molar-refractivity contribution in [2.24, 2.45) is 5.10 Å². The number of nitro benzene ring substituents is 1. The third kappa shape index (κ3) is 5.44. The van der Waals surface area contributed by atoms with Crippen LogP contribution in [0.1, 0.15) is 29.2 Å². The van der Waals surface area contributed by atoms with E-state index in [0.717, 1.165) is 22.8 Å². The SMILES string of the molecule is CCOc1cc(C=NNC(=O)COc2c(C)ccc(C)c2C)cc([N+](=O)[O-])c1O. The number of carbonyl (C=O) groups excluding carboxylic acids is 1. The van der Waals surface area contributed by atoms with E-state index in [1.54, 1.807) is 6.92 Å². The molecule has 0 fully saturated rings. The van der Waals surface area contributed by atoms with E-state index in [4.69, 9.17) is 9.47 Å². The van der Waals surface area contributed by atoms with E-state index >= 15 is 0 Å². The topological polar surface area (TPSA) is 123 Å². The number of amides is 1. The Balaban J connectivity index is 2.05. The van der Waals surface area contributed by atoms with Crippen LogP contribution >= 0.6 is 0 Å². The molecule has 0 radical (unpaired) electrons. The first kappa shape index (κ1) is 21.7. The second-order valence-corrected chi connectivity index (χ2v) is 6.31. The molecular formula is C20H23N3O6. The molecule has 0 aromatic heterocycles. The fraction of sp³-hybridized carbons (Fsp3) is 0.300. The minimum Gasteiger partial charge on any atom is -0.500 e. The van der Waals surface area contributed by atoms with Crippen molar-refractivity contribution in [2.75, 3.05) is 13.2 Å². The van der Waals surface area contributed by atoms with Crippen molar-refractivity contribution in [3.63, 3.8) is 0 Å². The van der Waals surface area contributed by atoms with Crippen molar-refractivity contribution < 1.29 is 24.3 Å². The van der Waals surface area contributed by atoms with Gasteiger partial charge in [-0.2, -0.15) is 5.10 Å². The molecule has 0 bridgehead atoms. The van der Waals surface area contributed by atoms with Gasteiger partial charge in [0.25, 0.3) is 5.91 Å². The maximum atomic E-state index is 12.0. The first-order valence-corrected chi connectivity index (χ1v) is 8.90. The summed E-state index contributed by atoms with van der Waals surface area (Å²) < 4.78 is 10.8. The predicted octanol–water partition coefficient (Wildman–Crippen LogP) is 3.15. The Labute approximate surface area is 168 Å². The van der Waals surface area contributed by atoms with Gasteiger partial charge in [-0.15, -0.1) is 0 Å². The van der Waals surface area contributed by atoms with E-state index in [1.807, 2.05) is 32.9 Å².